The molecular formula is C41H40F5N3O3S. The van der Waals surface area contributed by atoms with E-state index in [0.717, 1.165) is 54.6 Å². The molecule has 1 aromatic heterocycles. The number of hydrogen-bond donors (Lipinski definition) is 0. The first-order chi connectivity index (χ1) is 33.1. The lowest BCUT2D eigenvalue weighted by Crippen LogP contribution is -2.48. The summed E-state index contributed by atoms with van der Waals surface area (Å²) in [6, 6.07) is 3.92. The third-order valence-corrected chi connectivity index (χ3v) is 8.81. The van der Waals surface area contributed by atoms with Gasteiger partial charge in [-0.15, -0.1) is 11.8 Å². The Balaban J connectivity index is 1.62. The van der Waals surface area contributed by atoms with Crippen molar-refractivity contribution in [3.63, 3.8) is 0 Å². The Kier molecular flexibility index (Phi) is 6.36. The Morgan fingerprint density at radius 1 is 1.06 bits per heavy atom. The van der Waals surface area contributed by atoms with Crippen LogP contribution in [-0.2, 0) is 34.6 Å². The number of hydrogen-bond acceptors (Lipinski definition) is 5. The van der Waals surface area contributed by atoms with Gasteiger partial charge in [-0.25, -0.2) is 8.78 Å². The van der Waals surface area contributed by atoms with Gasteiger partial charge in [0.15, 0.2) is 17.1 Å². The number of carbonyl (C=O) groups excluding carboxylic acids is 1. The van der Waals surface area contributed by atoms with Crippen molar-refractivity contribution in [3.05, 3.63) is 135 Å². The summed E-state index contributed by atoms with van der Waals surface area (Å²) in [5.74, 6) is -5.04. The third kappa shape index (κ3) is 9.17. The zero-order valence-electron chi connectivity index (χ0n) is 47.3. The number of halogens is 5. The van der Waals surface area contributed by atoms with Crippen LogP contribution in [0, 0.1) is 18.6 Å². The third-order valence-electron chi connectivity index (χ3n) is 7.76. The van der Waals surface area contributed by atoms with Crippen LogP contribution in [0.25, 0.3) is 22.0 Å². The summed E-state index contributed by atoms with van der Waals surface area (Å²) in [7, 11) is -3.83. The number of nitrogens with zero attached hydrogens (tertiary/aromatic N) is 3. The van der Waals surface area contributed by atoms with Crippen LogP contribution in [0.5, 0.6) is 0 Å². The van der Waals surface area contributed by atoms with E-state index in [-0.39, 0.29) is 32.7 Å². The molecular weight excluding hydrogens is 710 g/mol. The first-order valence-electron chi connectivity index (χ1n) is 25.4. The Morgan fingerprint density at radius 2 is 1.75 bits per heavy atom. The molecule has 0 spiro atoms. The Morgan fingerprint density at radius 3 is 2.43 bits per heavy atom. The van der Waals surface area contributed by atoms with Gasteiger partial charge in [0, 0.05) is 75.5 Å². The molecule has 0 bridgehead atoms. The number of carbonyl (C=O) groups is 1. The number of methoxy groups -OCH3 is 1. The average molecular weight is 770 g/mol. The van der Waals surface area contributed by atoms with Gasteiger partial charge < -0.3 is 19.1 Å². The van der Waals surface area contributed by atoms with E-state index in [1.165, 1.54) is 19.1 Å². The van der Waals surface area contributed by atoms with Gasteiger partial charge >= 0.3 is 6.18 Å². The number of benzene rings is 4. The van der Waals surface area contributed by atoms with E-state index < -0.39 is 150 Å². The minimum absolute atomic E-state index is 0.0402. The molecule has 0 atom stereocenters. The highest BCUT2D eigenvalue weighted by Gasteiger charge is 2.31. The molecule has 2 heterocycles. The lowest BCUT2D eigenvalue weighted by atomic mass is 10.00. The molecule has 53 heavy (non-hydrogen) atoms. The number of rotatable bonds is 12. The number of fused-ring (bicyclic) bond motifs is 1. The van der Waals surface area contributed by atoms with Gasteiger partial charge in [-0.2, -0.15) is 13.2 Å². The monoisotopic (exact) mass is 769 g/mol. The maximum atomic E-state index is 15.4. The van der Waals surface area contributed by atoms with E-state index in [0.29, 0.717) is 16.3 Å². The smallest absolute Gasteiger partial charge is 0.383 e. The molecule has 1 aliphatic rings. The van der Waals surface area contributed by atoms with Gasteiger partial charge in [0.25, 0.3) is 0 Å². The molecule has 1 aliphatic heterocycles. The first kappa shape index (κ1) is 20.2. The number of pyridine rings is 1. The van der Waals surface area contributed by atoms with Gasteiger partial charge in [-0.3, -0.25) is 9.59 Å². The highest BCUT2D eigenvalue weighted by atomic mass is 32.2. The van der Waals surface area contributed by atoms with Gasteiger partial charge in [0.05, 0.1) is 36.4 Å². The summed E-state index contributed by atoms with van der Waals surface area (Å²) in [5.41, 5.74) is -3.41. The number of alkyl halides is 3. The molecule has 0 N–H and O–H groups in total. The zero-order valence-corrected chi connectivity index (χ0v) is 28.2. The van der Waals surface area contributed by atoms with Crippen LogP contribution in [0.2, 0.25) is 0 Å². The lowest BCUT2D eigenvalue weighted by molar-refractivity contribution is -0.137. The summed E-state index contributed by atoms with van der Waals surface area (Å²) >= 11 is 0.399. The topological polar surface area (TPSA) is 54.8 Å². The van der Waals surface area contributed by atoms with Crippen molar-refractivity contribution in [2.75, 3.05) is 33.1 Å². The number of piperidine rings is 1. The van der Waals surface area contributed by atoms with E-state index in [2.05, 4.69) is 4.74 Å². The Bertz CT molecular complexity index is 3020. The van der Waals surface area contributed by atoms with E-state index in [9.17, 15) is 33.6 Å². The predicted octanol–water partition coefficient (Wildman–Crippen LogP) is 8.71. The maximum Gasteiger partial charge on any atom is 0.416 e. The van der Waals surface area contributed by atoms with Crippen molar-refractivity contribution in [3.8, 4) is 11.1 Å². The SMILES string of the molecule is [2H]c1c(C)c([2H])c2c(c1[2H])c(=O)c([2H])c(SCc1cccc(F)c1F)n2CC(=O)N(Cc1ccc(-c2ccc(C(F)(F)F)cc2)cc1)C1([2H])C([2H])([2H])C([2H])([2H])N(C([2H])([2H])C([2H])([2H])OC([2H])([2H])[2H])C([2H])([2H])C1([2H])[2H]. The first-order valence-corrected chi connectivity index (χ1v) is 16.4. The summed E-state index contributed by atoms with van der Waals surface area (Å²) in [6.45, 7) is -19.4. The fraction of sp³-hybridized carbons (Fsp3) is 0.317. The van der Waals surface area contributed by atoms with Gasteiger partial charge in [0.2, 0.25) is 5.91 Å². The molecule has 1 saturated heterocycles. The second-order valence-electron chi connectivity index (χ2n) is 11.3. The molecule has 5 aromatic rings. The van der Waals surface area contributed by atoms with Gasteiger partial charge in [0.1, 0.15) is 6.54 Å². The number of aromatic nitrogens is 1. The lowest BCUT2D eigenvalue weighted by Gasteiger charge is -2.39. The largest absolute Gasteiger partial charge is 0.416 e. The summed E-state index contributed by atoms with van der Waals surface area (Å²) in [5, 5.41) is -1.45. The molecule has 0 saturated carbocycles. The van der Waals surface area contributed by atoms with Gasteiger partial charge in [-0.1, -0.05) is 54.6 Å². The molecule has 0 unspecified atom stereocenters. The fourth-order valence-electron chi connectivity index (χ4n) is 5.14. The van der Waals surface area contributed by atoms with Crippen molar-refractivity contribution in [1.29, 1.82) is 0 Å². The second kappa shape index (κ2) is 16.7. The van der Waals surface area contributed by atoms with E-state index in [4.69, 9.17) is 20.6 Å². The molecule has 6 rings (SSSR count). The van der Waals surface area contributed by atoms with Gasteiger partial charge in [-0.05, 0) is 72.2 Å². The molecule has 1 amide bonds. The van der Waals surface area contributed by atoms with Crippen LogP contribution < -0.4 is 5.43 Å². The van der Waals surface area contributed by atoms with E-state index in [1.54, 1.807) is 0 Å². The molecule has 278 valence electrons. The van der Waals surface area contributed by atoms with Crippen molar-refractivity contribution in [2.45, 2.75) is 55.7 Å². The van der Waals surface area contributed by atoms with Crippen LogP contribution in [-0.4, -0.2) is 59.4 Å². The standard InChI is InChI=1S/C41H40F5N3O3S/c1-27-6-15-34-36(22-27)49(39(23-37(34)50)53-26-31-4-3-5-35(42)40(31)43)25-38(51)48(33-16-18-47(19-17-33)20-21-52-2)24-28-7-9-29(10-8-28)30-11-13-32(14-12-30)41(44,45)46/h3-15,22-23,33H,16-21,24-26H2,1-2H3/i2D3,6D,15D,16D2,17D2,18D2,19D2,20D2,21D2,22D,23D,33D. The quantitative estimate of drug-likeness (QED) is 0.0940. The number of thioether (sulfide) groups is 1. The number of amides is 1. The van der Waals surface area contributed by atoms with Crippen LogP contribution in [0.1, 0.15) is 62.4 Å². The van der Waals surface area contributed by atoms with E-state index in [1.807, 2.05) is 0 Å². The van der Waals surface area contributed by atoms with E-state index >= 15 is 4.79 Å². The minimum atomic E-state index is -4.69. The number of likely N-dealkylation sites (tertiary alicyclic amines) is 1. The maximum absolute atomic E-state index is 15.4. The van der Waals surface area contributed by atoms with Crippen LogP contribution in [0.4, 0.5) is 22.0 Å². The summed E-state index contributed by atoms with van der Waals surface area (Å²) in [6.07, 6.45) is -13.7. The fourth-order valence-corrected chi connectivity index (χ4v) is 6.13. The zero-order chi connectivity index (χ0) is 55.4. The van der Waals surface area contributed by atoms with Crippen molar-refractivity contribution >= 4 is 28.6 Å². The molecule has 4 aromatic carbocycles. The van der Waals surface area contributed by atoms with Crippen molar-refractivity contribution in [1.82, 2.24) is 14.4 Å². The predicted molar refractivity (Wildman–Crippen MR) is 198 cm³/mol. The molecule has 12 heteroatoms. The Labute approximate surface area is 337 Å². The highest BCUT2D eigenvalue weighted by molar-refractivity contribution is 7.98. The number of ether oxygens (including phenoxy) is 1. The van der Waals surface area contributed by atoms with Crippen LogP contribution in [0.15, 0.2) is 101 Å². The van der Waals surface area contributed by atoms with Crippen LogP contribution >= 0.6 is 11.8 Å². The molecule has 0 radical (unpaired) electrons. The van der Waals surface area contributed by atoms with Crippen molar-refractivity contribution in [2.24, 2.45) is 0 Å². The minimum Gasteiger partial charge on any atom is -0.383 e. The molecule has 1 fully saturated rings. The second-order valence-corrected chi connectivity index (χ2v) is 12.3. The summed E-state index contributed by atoms with van der Waals surface area (Å²) < 4.78 is 248. The van der Waals surface area contributed by atoms with Crippen LogP contribution in [0.3, 0.4) is 0 Å². The normalized spacial score (nSPS) is 24.9. The highest BCUT2D eigenvalue weighted by Crippen LogP contribution is 2.32. The average Bonchev–Trinajstić information content (AvgIpc) is 3.26. The summed E-state index contributed by atoms with van der Waals surface area (Å²) in [4.78, 5) is 28.3. The van der Waals surface area contributed by atoms with Crippen molar-refractivity contribution < 1.29 is 58.9 Å². The Hall–Kier alpha value is -4.52. The molecule has 6 nitrogen and oxygen atoms in total. The molecule has 0 aliphatic carbocycles.